The highest BCUT2D eigenvalue weighted by atomic mass is 35.5. The molecule has 0 radical (unpaired) electrons. The molecule has 0 heterocycles. The predicted octanol–water partition coefficient (Wildman–Crippen LogP) is 5.51. The van der Waals surface area contributed by atoms with Gasteiger partial charge in [-0.25, -0.2) is 4.39 Å². The number of ether oxygens (including phenoxy) is 2. The smallest absolute Gasteiger partial charge is 0.162 e. The minimum atomic E-state index is -0.292. The summed E-state index contributed by atoms with van der Waals surface area (Å²) in [5, 5.41) is 4.81. The van der Waals surface area contributed by atoms with Crippen molar-refractivity contribution in [3.63, 3.8) is 0 Å². The van der Waals surface area contributed by atoms with Gasteiger partial charge in [0.1, 0.15) is 12.4 Å². The largest absolute Gasteiger partial charge is 0.493 e. The van der Waals surface area contributed by atoms with E-state index in [-0.39, 0.29) is 5.82 Å². The summed E-state index contributed by atoms with van der Waals surface area (Å²) in [5.41, 5.74) is 5.24. The Morgan fingerprint density at radius 2 is 1.81 bits per heavy atom. The first-order valence-electron chi connectivity index (χ1n) is 8.24. The van der Waals surface area contributed by atoms with Crippen LogP contribution in [0.1, 0.15) is 11.1 Å². The Morgan fingerprint density at radius 1 is 1.04 bits per heavy atom. The fourth-order valence-corrected chi connectivity index (χ4v) is 2.55. The van der Waals surface area contributed by atoms with E-state index in [4.69, 9.17) is 21.1 Å². The number of rotatable bonds is 7. The van der Waals surface area contributed by atoms with E-state index >= 15 is 0 Å². The zero-order valence-corrected chi connectivity index (χ0v) is 15.4. The van der Waals surface area contributed by atoms with Crippen LogP contribution in [-0.4, -0.2) is 13.3 Å². The van der Waals surface area contributed by atoms with Gasteiger partial charge in [-0.2, -0.15) is 5.10 Å². The molecule has 0 aromatic heterocycles. The first-order chi connectivity index (χ1) is 13.2. The minimum absolute atomic E-state index is 0.292. The highest BCUT2D eigenvalue weighted by molar-refractivity contribution is 6.31. The second-order valence-corrected chi connectivity index (χ2v) is 6.07. The lowest BCUT2D eigenvalue weighted by Gasteiger charge is -2.12. The zero-order chi connectivity index (χ0) is 19.1. The van der Waals surface area contributed by atoms with Gasteiger partial charge in [-0.15, -0.1) is 0 Å². The average molecular weight is 385 g/mol. The summed E-state index contributed by atoms with van der Waals surface area (Å²) in [6, 6.07) is 19.0. The third-order valence-electron chi connectivity index (χ3n) is 3.78. The quantitative estimate of drug-likeness (QED) is 0.431. The number of benzene rings is 3. The minimum Gasteiger partial charge on any atom is -0.493 e. The van der Waals surface area contributed by atoms with Crippen molar-refractivity contribution >= 4 is 23.5 Å². The van der Waals surface area contributed by atoms with E-state index in [9.17, 15) is 4.39 Å². The molecule has 0 unspecified atom stereocenters. The molecule has 3 rings (SSSR count). The van der Waals surface area contributed by atoms with E-state index in [1.807, 2.05) is 36.4 Å². The van der Waals surface area contributed by atoms with E-state index < -0.39 is 0 Å². The van der Waals surface area contributed by atoms with Crippen molar-refractivity contribution in [3.8, 4) is 11.5 Å². The lowest BCUT2D eigenvalue weighted by atomic mass is 10.2. The van der Waals surface area contributed by atoms with Gasteiger partial charge in [0.05, 0.1) is 19.0 Å². The van der Waals surface area contributed by atoms with E-state index in [1.165, 1.54) is 12.1 Å². The Labute approximate surface area is 162 Å². The molecule has 1 N–H and O–H groups in total. The molecule has 27 heavy (non-hydrogen) atoms. The van der Waals surface area contributed by atoms with Gasteiger partial charge in [0.25, 0.3) is 0 Å². The molecule has 0 aliphatic rings. The van der Waals surface area contributed by atoms with Gasteiger partial charge in [0.2, 0.25) is 0 Å². The maximum absolute atomic E-state index is 12.9. The molecular formula is C21H18ClFN2O2. The zero-order valence-electron chi connectivity index (χ0n) is 14.7. The van der Waals surface area contributed by atoms with Crippen LogP contribution in [0, 0.1) is 5.82 Å². The van der Waals surface area contributed by atoms with Crippen molar-refractivity contribution in [1.82, 2.24) is 0 Å². The molecule has 0 atom stereocenters. The number of nitrogens with zero attached hydrogens (tertiary/aromatic N) is 1. The van der Waals surface area contributed by atoms with Crippen LogP contribution in [-0.2, 0) is 6.61 Å². The van der Waals surface area contributed by atoms with Crippen LogP contribution in [0.25, 0.3) is 0 Å². The lowest BCUT2D eigenvalue weighted by molar-refractivity contribution is 0.284. The number of hydrazone groups is 1. The third kappa shape index (κ3) is 5.21. The van der Waals surface area contributed by atoms with Gasteiger partial charge in [0, 0.05) is 10.6 Å². The van der Waals surface area contributed by atoms with Gasteiger partial charge in [-0.1, -0.05) is 29.8 Å². The average Bonchev–Trinajstić information content (AvgIpc) is 2.69. The van der Waals surface area contributed by atoms with Crippen LogP contribution < -0.4 is 14.9 Å². The maximum atomic E-state index is 12.9. The molecule has 0 saturated carbocycles. The maximum Gasteiger partial charge on any atom is 0.162 e. The molecule has 0 aliphatic carbocycles. The van der Waals surface area contributed by atoms with Crippen molar-refractivity contribution in [2.45, 2.75) is 6.61 Å². The Balaban J connectivity index is 1.69. The van der Waals surface area contributed by atoms with Crippen LogP contribution in [0.15, 0.2) is 71.8 Å². The first kappa shape index (κ1) is 18.7. The number of hydrogen-bond donors (Lipinski definition) is 1. The summed E-state index contributed by atoms with van der Waals surface area (Å²) in [7, 11) is 1.58. The van der Waals surface area contributed by atoms with Gasteiger partial charge < -0.3 is 9.47 Å². The van der Waals surface area contributed by atoms with Crippen molar-refractivity contribution in [1.29, 1.82) is 0 Å². The molecule has 0 saturated heterocycles. The van der Waals surface area contributed by atoms with Crippen LogP contribution in [0.5, 0.6) is 11.5 Å². The van der Waals surface area contributed by atoms with Gasteiger partial charge >= 0.3 is 0 Å². The number of halogens is 2. The van der Waals surface area contributed by atoms with E-state index in [0.717, 1.165) is 11.1 Å². The second kappa shape index (κ2) is 9.05. The highest BCUT2D eigenvalue weighted by Gasteiger charge is 2.07. The number of nitrogens with one attached hydrogen (secondary N) is 1. The molecule has 4 nitrogen and oxygen atoms in total. The molecule has 0 spiro atoms. The first-order valence-corrected chi connectivity index (χ1v) is 8.62. The summed E-state index contributed by atoms with van der Waals surface area (Å²) in [6.45, 7) is 0.324. The fraction of sp³-hybridized carbons (Fsp3) is 0.0952. The van der Waals surface area contributed by atoms with Crippen LogP contribution in [0.3, 0.4) is 0 Å². The van der Waals surface area contributed by atoms with Crippen LogP contribution >= 0.6 is 11.6 Å². The second-order valence-electron chi connectivity index (χ2n) is 5.67. The summed E-state index contributed by atoms with van der Waals surface area (Å²) >= 11 is 6.17. The summed E-state index contributed by atoms with van der Waals surface area (Å²) in [4.78, 5) is 0. The Kier molecular flexibility index (Phi) is 6.28. The van der Waals surface area contributed by atoms with E-state index in [2.05, 4.69) is 10.5 Å². The molecule has 0 amide bonds. The highest BCUT2D eigenvalue weighted by Crippen LogP contribution is 2.29. The molecule has 0 aliphatic heterocycles. The molecule has 0 fully saturated rings. The van der Waals surface area contributed by atoms with Crippen LogP contribution in [0.4, 0.5) is 10.1 Å². The third-order valence-corrected chi connectivity index (χ3v) is 4.15. The van der Waals surface area contributed by atoms with Gasteiger partial charge in [0.15, 0.2) is 11.5 Å². The Morgan fingerprint density at radius 3 is 2.56 bits per heavy atom. The molecular weight excluding hydrogens is 367 g/mol. The van der Waals surface area contributed by atoms with Crippen molar-refractivity contribution in [2.75, 3.05) is 12.5 Å². The Bertz CT molecular complexity index is 930. The number of hydrogen-bond acceptors (Lipinski definition) is 4. The van der Waals surface area contributed by atoms with Gasteiger partial charge in [-0.3, -0.25) is 5.43 Å². The van der Waals surface area contributed by atoms with E-state index in [1.54, 1.807) is 31.5 Å². The van der Waals surface area contributed by atoms with Crippen molar-refractivity contribution in [2.24, 2.45) is 5.10 Å². The number of methoxy groups -OCH3 is 1. The normalized spacial score (nSPS) is 10.8. The van der Waals surface area contributed by atoms with Crippen LogP contribution in [0.2, 0.25) is 5.02 Å². The number of anilines is 1. The molecule has 138 valence electrons. The SMILES string of the molecule is COc1ccc(C=NNc2ccc(F)cc2)cc1OCc1ccccc1Cl. The fourth-order valence-electron chi connectivity index (χ4n) is 2.36. The van der Waals surface area contributed by atoms with Crippen molar-refractivity contribution < 1.29 is 13.9 Å². The predicted molar refractivity (Wildman–Crippen MR) is 106 cm³/mol. The topological polar surface area (TPSA) is 42.8 Å². The Hall–Kier alpha value is -3.05. The monoisotopic (exact) mass is 384 g/mol. The molecule has 3 aromatic carbocycles. The van der Waals surface area contributed by atoms with E-state index in [0.29, 0.717) is 28.8 Å². The molecule has 0 bridgehead atoms. The summed E-state index contributed by atoms with van der Waals surface area (Å²) in [5.74, 6) is 0.911. The lowest BCUT2D eigenvalue weighted by Crippen LogP contribution is -1.99. The van der Waals surface area contributed by atoms with Crippen molar-refractivity contribution in [3.05, 3.63) is 88.7 Å². The molecule has 6 heteroatoms. The summed E-state index contributed by atoms with van der Waals surface area (Å²) in [6.07, 6.45) is 1.64. The van der Waals surface area contributed by atoms with Gasteiger partial charge in [-0.05, 0) is 54.1 Å². The standard InChI is InChI=1S/C21H18ClFN2O2/c1-26-20-11-6-15(13-24-25-18-9-7-17(23)8-10-18)12-21(20)27-14-16-4-2-3-5-19(16)22/h2-13,25H,14H2,1H3. The summed E-state index contributed by atoms with van der Waals surface area (Å²) < 4.78 is 24.1. The molecule has 3 aromatic rings.